The first-order valence-electron chi connectivity index (χ1n) is 13.6. The summed E-state index contributed by atoms with van der Waals surface area (Å²) in [6.07, 6.45) is 4.72. The Morgan fingerprint density at radius 3 is 1.49 bits per heavy atom. The Balaban J connectivity index is 1.27. The number of carbonyl (C=O) groups is 2. The van der Waals surface area contributed by atoms with Crippen molar-refractivity contribution in [3.8, 4) is 0 Å². The average Bonchev–Trinajstić information content (AvgIpc) is 3.67. The number of thiophene rings is 2. The SMILES string of the molecule is Cc1sc(C(=O)NCCc2ccccc2)cc1C1=C(c2cc(C(=O)NCCc3ccccc3)sc2C)CCC1. The second-order valence-corrected chi connectivity index (χ2v) is 12.5. The Morgan fingerprint density at radius 2 is 1.08 bits per heavy atom. The second kappa shape index (κ2) is 12.6. The fourth-order valence-electron chi connectivity index (χ4n) is 5.23. The van der Waals surface area contributed by atoms with Crippen molar-refractivity contribution >= 4 is 45.6 Å². The van der Waals surface area contributed by atoms with Crippen LogP contribution in [0, 0.1) is 13.8 Å². The first-order chi connectivity index (χ1) is 19.0. The lowest BCUT2D eigenvalue weighted by molar-refractivity contribution is 0.0950. The van der Waals surface area contributed by atoms with Crippen LogP contribution in [0.15, 0.2) is 72.8 Å². The maximum Gasteiger partial charge on any atom is 0.261 e. The van der Waals surface area contributed by atoms with E-state index >= 15 is 0 Å². The summed E-state index contributed by atoms with van der Waals surface area (Å²) < 4.78 is 0. The summed E-state index contributed by atoms with van der Waals surface area (Å²) >= 11 is 3.13. The molecule has 2 amide bonds. The van der Waals surface area contributed by atoms with Gasteiger partial charge in [-0.15, -0.1) is 22.7 Å². The molecule has 2 heterocycles. The fraction of sp³-hybridized carbons (Fsp3) is 0.273. The number of nitrogens with one attached hydrogen (secondary N) is 2. The highest BCUT2D eigenvalue weighted by molar-refractivity contribution is 7.14. The van der Waals surface area contributed by atoms with Crippen LogP contribution >= 0.6 is 22.7 Å². The Kier molecular flexibility index (Phi) is 8.74. The zero-order valence-electron chi connectivity index (χ0n) is 22.5. The molecule has 0 radical (unpaired) electrons. The van der Waals surface area contributed by atoms with E-state index in [1.165, 1.54) is 43.2 Å². The maximum absolute atomic E-state index is 12.9. The molecule has 2 N–H and O–H groups in total. The Hall–Kier alpha value is -3.48. The van der Waals surface area contributed by atoms with E-state index in [0.29, 0.717) is 13.1 Å². The van der Waals surface area contributed by atoms with Gasteiger partial charge in [0.2, 0.25) is 0 Å². The van der Waals surface area contributed by atoms with Crippen LogP contribution in [0.4, 0.5) is 0 Å². The summed E-state index contributed by atoms with van der Waals surface area (Å²) in [6.45, 7) is 5.45. The molecular formula is C33H34N2O2S2. The highest BCUT2D eigenvalue weighted by Gasteiger charge is 2.25. The van der Waals surface area contributed by atoms with Crippen molar-refractivity contribution in [2.24, 2.45) is 0 Å². The Bertz CT molecular complexity index is 1370. The Morgan fingerprint density at radius 1 is 0.667 bits per heavy atom. The quantitative estimate of drug-likeness (QED) is 0.214. The predicted octanol–water partition coefficient (Wildman–Crippen LogP) is 7.47. The predicted molar refractivity (Wildman–Crippen MR) is 164 cm³/mol. The smallest absolute Gasteiger partial charge is 0.261 e. The standard InChI is InChI=1S/C33H34N2O2S2/c1-22-28(20-30(38-22)32(36)34-18-16-24-10-5-3-6-11-24)26-14-9-15-27(26)29-21-31(39-23(29)2)33(37)35-19-17-25-12-7-4-8-13-25/h3-8,10-13,20-21H,9,14-19H2,1-2H3,(H,34,36)(H,35,37). The van der Waals surface area contributed by atoms with Gasteiger partial charge in [0, 0.05) is 22.8 Å². The molecule has 2 aromatic carbocycles. The lowest BCUT2D eigenvalue weighted by atomic mass is 9.97. The van der Waals surface area contributed by atoms with Gasteiger partial charge in [0.1, 0.15) is 0 Å². The van der Waals surface area contributed by atoms with Gasteiger partial charge in [0.25, 0.3) is 11.8 Å². The van der Waals surface area contributed by atoms with Crippen molar-refractivity contribution in [1.29, 1.82) is 0 Å². The molecule has 2 aromatic heterocycles. The summed E-state index contributed by atoms with van der Waals surface area (Å²) in [7, 11) is 0. The lowest BCUT2D eigenvalue weighted by Crippen LogP contribution is -2.24. The van der Waals surface area contributed by atoms with Crippen molar-refractivity contribution < 1.29 is 9.59 Å². The first kappa shape index (κ1) is 27.1. The number of benzene rings is 2. The molecule has 0 spiro atoms. The molecule has 0 bridgehead atoms. The summed E-state index contributed by atoms with van der Waals surface area (Å²) in [5.41, 5.74) is 7.45. The van der Waals surface area contributed by atoms with Gasteiger partial charge >= 0.3 is 0 Å². The molecular weight excluding hydrogens is 521 g/mol. The van der Waals surface area contributed by atoms with Crippen molar-refractivity contribution in [1.82, 2.24) is 10.6 Å². The normalized spacial score (nSPS) is 13.1. The van der Waals surface area contributed by atoms with Crippen LogP contribution in [0.1, 0.15) is 70.6 Å². The minimum absolute atomic E-state index is 0.00778. The van der Waals surface area contributed by atoms with E-state index < -0.39 is 0 Å². The summed E-state index contributed by atoms with van der Waals surface area (Å²) in [6, 6.07) is 24.6. The molecule has 0 saturated carbocycles. The van der Waals surface area contributed by atoms with E-state index in [4.69, 9.17) is 0 Å². The fourth-order valence-corrected chi connectivity index (χ4v) is 7.16. The van der Waals surface area contributed by atoms with Crippen molar-refractivity contribution in [2.75, 3.05) is 13.1 Å². The van der Waals surface area contributed by atoms with Crippen LogP contribution in [0.25, 0.3) is 11.1 Å². The number of carbonyl (C=O) groups excluding carboxylic acids is 2. The summed E-state index contributed by atoms with van der Waals surface area (Å²) in [4.78, 5) is 29.7. The molecule has 6 heteroatoms. The summed E-state index contributed by atoms with van der Waals surface area (Å²) in [5, 5.41) is 6.17. The van der Waals surface area contributed by atoms with E-state index in [-0.39, 0.29) is 11.8 Å². The molecule has 200 valence electrons. The Labute approximate surface area is 238 Å². The van der Waals surface area contributed by atoms with E-state index in [1.807, 2.05) is 36.4 Å². The molecule has 1 aliphatic carbocycles. The number of aryl methyl sites for hydroxylation is 2. The van der Waals surface area contributed by atoms with Crippen LogP contribution in [0.2, 0.25) is 0 Å². The van der Waals surface area contributed by atoms with Gasteiger partial charge in [0.05, 0.1) is 9.75 Å². The van der Waals surface area contributed by atoms with Gasteiger partial charge in [-0.3, -0.25) is 9.59 Å². The highest BCUT2D eigenvalue weighted by atomic mass is 32.1. The maximum atomic E-state index is 12.9. The third-order valence-corrected chi connectivity index (χ3v) is 9.33. The van der Waals surface area contributed by atoms with Crippen LogP contribution in [0.5, 0.6) is 0 Å². The molecule has 0 saturated heterocycles. The van der Waals surface area contributed by atoms with Gasteiger partial charge in [-0.2, -0.15) is 0 Å². The van der Waals surface area contributed by atoms with Crippen LogP contribution in [-0.2, 0) is 12.8 Å². The second-order valence-electron chi connectivity index (χ2n) is 9.95. The van der Waals surface area contributed by atoms with Gasteiger partial charge < -0.3 is 10.6 Å². The van der Waals surface area contributed by atoms with E-state index in [1.54, 1.807) is 22.7 Å². The number of amides is 2. The van der Waals surface area contributed by atoms with E-state index in [9.17, 15) is 9.59 Å². The molecule has 39 heavy (non-hydrogen) atoms. The number of allylic oxidation sites excluding steroid dienone is 2. The molecule has 0 unspecified atom stereocenters. The molecule has 4 aromatic rings. The zero-order chi connectivity index (χ0) is 27.2. The van der Waals surface area contributed by atoms with E-state index in [0.717, 1.165) is 41.9 Å². The van der Waals surface area contributed by atoms with Crippen molar-refractivity contribution in [3.63, 3.8) is 0 Å². The van der Waals surface area contributed by atoms with Gasteiger partial charge in [0.15, 0.2) is 0 Å². The van der Waals surface area contributed by atoms with Gasteiger partial charge in [-0.1, -0.05) is 60.7 Å². The van der Waals surface area contributed by atoms with Crippen molar-refractivity contribution in [3.05, 3.63) is 115 Å². The van der Waals surface area contributed by atoms with Crippen LogP contribution in [-0.4, -0.2) is 24.9 Å². The van der Waals surface area contributed by atoms with Crippen LogP contribution in [0.3, 0.4) is 0 Å². The average molecular weight is 555 g/mol. The molecule has 1 aliphatic rings. The monoisotopic (exact) mass is 554 g/mol. The van der Waals surface area contributed by atoms with Crippen LogP contribution < -0.4 is 10.6 Å². The molecule has 5 rings (SSSR count). The third kappa shape index (κ3) is 6.57. The van der Waals surface area contributed by atoms with Gasteiger partial charge in [-0.05, 0) is 91.5 Å². The first-order valence-corrected chi connectivity index (χ1v) is 15.2. The lowest BCUT2D eigenvalue weighted by Gasteiger charge is -2.07. The number of rotatable bonds is 10. The zero-order valence-corrected chi connectivity index (χ0v) is 24.1. The van der Waals surface area contributed by atoms with Gasteiger partial charge in [-0.25, -0.2) is 0 Å². The molecule has 0 aliphatic heterocycles. The van der Waals surface area contributed by atoms with Crippen molar-refractivity contribution in [2.45, 2.75) is 46.0 Å². The number of hydrogen-bond acceptors (Lipinski definition) is 4. The largest absolute Gasteiger partial charge is 0.351 e. The summed E-state index contributed by atoms with van der Waals surface area (Å²) in [5.74, 6) is -0.0156. The topological polar surface area (TPSA) is 58.2 Å². The molecule has 0 fully saturated rings. The number of hydrogen-bond donors (Lipinski definition) is 2. The molecule has 4 nitrogen and oxygen atoms in total. The minimum Gasteiger partial charge on any atom is -0.351 e. The molecule has 0 atom stereocenters. The van der Waals surface area contributed by atoms with E-state index in [2.05, 4.69) is 60.9 Å². The minimum atomic E-state index is -0.00778. The highest BCUT2D eigenvalue weighted by Crippen LogP contribution is 2.44. The third-order valence-electron chi connectivity index (χ3n) is 7.24.